The minimum absolute atomic E-state index is 0.173. The summed E-state index contributed by atoms with van der Waals surface area (Å²) in [4.78, 5) is 0. The number of hydrogen-bond donors (Lipinski definition) is 1. The lowest BCUT2D eigenvalue weighted by Crippen LogP contribution is -2.25. The molecule has 4 heteroatoms. The Hall–Kier alpha value is -0.640. The smallest absolute Gasteiger partial charge is 0.129 e. The van der Waals surface area contributed by atoms with E-state index in [-0.39, 0.29) is 11.9 Å². The van der Waals surface area contributed by atoms with E-state index in [9.17, 15) is 4.39 Å². The first-order valence-electron chi connectivity index (χ1n) is 5.99. The van der Waals surface area contributed by atoms with Crippen LogP contribution >= 0.6 is 11.6 Å². The highest BCUT2D eigenvalue weighted by atomic mass is 35.5. The fraction of sp³-hybridized carbons (Fsp3) is 0.538. The number of benzene rings is 1. The Kier molecular flexibility index (Phi) is 4.37. The average molecular weight is 258 g/mol. The first-order valence-corrected chi connectivity index (χ1v) is 6.37. The molecule has 0 amide bonds. The predicted molar refractivity (Wildman–Crippen MR) is 66.8 cm³/mol. The molecule has 0 spiro atoms. The summed E-state index contributed by atoms with van der Waals surface area (Å²) in [5.41, 5.74) is 0.581. The van der Waals surface area contributed by atoms with Crippen molar-refractivity contribution >= 4 is 11.6 Å². The van der Waals surface area contributed by atoms with Crippen molar-refractivity contribution in [3.63, 3.8) is 0 Å². The largest absolute Gasteiger partial charge is 0.373 e. The monoisotopic (exact) mass is 257 g/mol. The first kappa shape index (κ1) is 12.8. The summed E-state index contributed by atoms with van der Waals surface area (Å²) in [5.74, 6) is 0.0886. The number of halogens is 2. The van der Waals surface area contributed by atoms with Crippen LogP contribution < -0.4 is 5.32 Å². The van der Waals surface area contributed by atoms with Gasteiger partial charge in [0.1, 0.15) is 5.82 Å². The molecule has 1 aliphatic rings. The fourth-order valence-corrected chi connectivity index (χ4v) is 2.43. The van der Waals surface area contributed by atoms with Crippen LogP contribution in [-0.2, 0) is 4.74 Å². The van der Waals surface area contributed by atoms with Crippen LogP contribution in [0.2, 0.25) is 5.02 Å². The third-order valence-corrected chi connectivity index (χ3v) is 3.37. The van der Waals surface area contributed by atoms with Gasteiger partial charge in [0.25, 0.3) is 0 Å². The maximum absolute atomic E-state index is 13.8. The van der Waals surface area contributed by atoms with E-state index in [0.29, 0.717) is 23.1 Å². The van der Waals surface area contributed by atoms with Gasteiger partial charge >= 0.3 is 0 Å². The fourth-order valence-electron chi connectivity index (χ4n) is 2.25. The van der Waals surface area contributed by atoms with Gasteiger partial charge in [-0.3, -0.25) is 0 Å². The molecule has 0 aromatic heterocycles. The minimum atomic E-state index is -0.234. The summed E-state index contributed by atoms with van der Waals surface area (Å²) in [6, 6.07) is 4.64. The molecule has 0 bridgehead atoms. The number of nitrogens with one attached hydrogen (secondary N) is 1. The van der Waals surface area contributed by atoms with Gasteiger partial charge in [0, 0.05) is 29.7 Å². The Morgan fingerprint density at radius 3 is 3.12 bits per heavy atom. The van der Waals surface area contributed by atoms with Crippen molar-refractivity contribution in [1.82, 2.24) is 5.32 Å². The van der Waals surface area contributed by atoms with Crippen molar-refractivity contribution < 1.29 is 9.13 Å². The highest BCUT2D eigenvalue weighted by Gasteiger charge is 2.31. The molecule has 17 heavy (non-hydrogen) atoms. The van der Waals surface area contributed by atoms with E-state index in [1.54, 1.807) is 12.1 Å². The number of hydrogen-bond acceptors (Lipinski definition) is 2. The van der Waals surface area contributed by atoms with Crippen LogP contribution in [0.25, 0.3) is 0 Å². The van der Waals surface area contributed by atoms with Gasteiger partial charge in [-0.05, 0) is 31.2 Å². The summed E-state index contributed by atoms with van der Waals surface area (Å²) >= 11 is 5.91. The topological polar surface area (TPSA) is 21.3 Å². The Morgan fingerprint density at radius 1 is 1.53 bits per heavy atom. The van der Waals surface area contributed by atoms with E-state index >= 15 is 0 Å². The lowest BCUT2D eigenvalue weighted by atomic mass is 9.95. The molecule has 2 unspecified atom stereocenters. The molecule has 2 rings (SSSR count). The average Bonchev–Trinajstić information content (AvgIpc) is 2.77. The predicted octanol–water partition coefficient (Wildman–Crippen LogP) is 3.17. The van der Waals surface area contributed by atoms with E-state index in [0.717, 1.165) is 19.5 Å². The van der Waals surface area contributed by atoms with Crippen molar-refractivity contribution in [2.75, 3.05) is 19.7 Å². The third kappa shape index (κ3) is 2.97. The lowest BCUT2D eigenvalue weighted by Gasteiger charge is -2.19. The molecule has 2 atom stereocenters. The minimum Gasteiger partial charge on any atom is -0.373 e. The molecule has 1 aromatic carbocycles. The van der Waals surface area contributed by atoms with Crippen molar-refractivity contribution in [2.45, 2.75) is 19.4 Å². The van der Waals surface area contributed by atoms with Crippen LogP contribution in [0.1, 0.15) is 25.0 Å². The SMILES string of the molecule is CCNCC1CCOC1c1cc(Cl)ccc1F. The number of ether oxygens (including phenoxy) is 1. The van der Waals surface area contributed by atoms with E-state index in [4.69, 9.17) is 16.3 Å². The molecule has 0 radical (unpaired) electrons. The molecular weight excluding hydrogens is 241 g/mol. The summed E-state index contributed by atoms with van der Waals surface area (Å²) in [6.07, 6.45) is 0.789. The molecule has 1 fully saturated rings. The van der Waals surface area contributed by atoms with Crippen LogP contribution in [0.5, 0.6) is 0 Å². The molecular formula is C13H17ClFNO. The second kappa shape index (κ2) is 5.80. The first-order chi connectivity index (χ1) is 8.22. The quantitative estimate of drug-likeness (QED) is 0.895. The lowest BCUT2D eigenvalue weighted by molar-refractivity contribution is 0.0876. The molecule has 2 nitrogen and oxygen atoms in total. The molecule has 1 saturated heterocycles. The zero-order valence-corrected chi connectivity index (χ0v) is 10.6. The Bertz CT molecular complexity index is 386. The normalized spacial score (nSPS) is 24.2. The van der Waals surface area contributed by atoms with Crippen molar-refractivity contribution in [3.8, 4) is 0 Å². The van der Waals surface area contributed by atoms with Crippen molar-refractivity contribution in [2.24, 2.45) is 5.92 Å². The maximum Gasteiger partial charge on any atom is 0.129 e. The van der Waals surface area contributed by atoms with Gasteiger partial charge in [-0.15, -0.1) is 0 Å². The highest BCUT2D eigenvalue weighted by Crippen LogP contribution is 2.36. The van der Waals surface area contributed by atoms with E-state index in [1.807, 2.05) is 0 Å². The summed E-state index contributed by atoms with van der Waals surface area (Å²) < 4.78 is 19.4. The molecule has 0 aliphatic carbocycles. The van der Waals surface area contributed by atoms with Gasteiger partial charge in [0.05, 0.1) is 6.10 Å². The maximum atomic E-state index is 13.8. The Labute approximate surface area is 106 Å². The van der Waals surface area contributed by atoms with Crippen molar-refractivity contribution in [3.05, 3.63) is 34.6 Å². The molecule has 94 valence electrons. The third-order valence-electron chi connectivity index (χ3n) is 3.14. The standard InChI is InChI=1S/C13H17ClFNO/c1-2-16-8-9-5-6-17-13(9)11-7-10(14)3-4-12(11)15/h3-4,7,9,13,16H,2,5-6,8H2,1H3. The molecule has 0 saturated carbocycles. The van der Waals surface area contributed by atoms with E-state index < -0.39 is 0 Å². The Morgan fingerprint density at radius 2 is 2.35 bits per heavy atom. The summed E-state index contributed by atoms with van der Waals surface area (Å²) in [5, 5.41) is 3.84. The van der Waals surface area contributed by atoms with Crippen LogP contribution in [-0.4, -0.2) is 19.7 Å². The molecule has 1 aliphatic heterocycles. The Balaban J connectivity index is 2.16. The van der Waals surface area contributed by atoms with E-state index in [2.05, 4.69) is 12.2 Å². The van der Waals surface area contributed by atoms with Crippen LogP contribution in [0.15, 0.2) is 18.2 Å². The highest BCUT2D eigenvalue weighted by molar-refractivity contribution is 6.30. The zero-order chi connectivity index (χ0) is 12.3. The van der Waals surface area contributed by atoms with Crippen LogP contribution in [0.3, 0.4) is 0 Å². The zero-order valence-electron chi connectivity index (χ0n) is 9.88. The van der Waals surface area contributed by atoms with Gasteiger partial charge in [-0.1, -0.05) is 18.5 Å². The van der Waals surface area contributed by atoms with Gasteiger partial charge < -0.3 is 10.1 Å². The summed E-state index contributed by atoms with van der Waals surface area (Å²) in [6.45, 7) is 4.52. The van der Waals surface area contributed by atoms with Crippen LogP contribution in [0.4, 0.5) is 4.39 Å². The van der Waals surface area contributed by atoms with Crippen molar-refractivity contribution in [1.29, 1.82) is 0 Å². The molecule has 1 N–H and O–H groups in total. The molecule has 1 heterocycles. The van der Waals surface area contributed by atoms with Gasteiger partial charge in [-0.25, -0.2) is 4.39 Å². The summed E-state index contributed by atoms with van der Waals surface area (Å²) in [7, 11) is 0. The number of rotatable bonds is 4. The van der Waals surface area contributed by atoms with Gasteiger partial charge in [0.15, 0.2) is 0 Å². The van der Waals surface area contributed by atoms with Gasteiger partial charge in [-0.2, -0.15) is 0 Å². The van der Waals surface area contributed by atoms with Crippen LogP contribution in [0, 0.1) is 11.7 Å². The second-order valence-electron chi connectivity index (χ2n) is 4.31. The van der Waals surface area contributed by atoms with Gasteiger partial charge in [0.2, 0.25) is 0 Å². The second-order valence-corrected chi connectivity index (χ2v) is 4.75. The molecule has 1 aromatic rings. The van der Waals surface area contributed by atoms with E-state index in [1.165, 1.54) is 6.07 Å².